The fourth-order valence-electron chi connectivity index (χ4n) is 3.84. The van der Waals surface area contributed by atoms with E-state index in [2.05, 4.69) is 23.1 Å². The second-order valence-electron chi connectivity index (χ2n) is 7.64. The molecule has 0 aromatic heterocycles. The van der Waals surface area contributed by atoms with Gasteiger partial charge < -0.3 is 14.9 Å². The van der Waals surface area contributed by atoms with Crippen LogP contribution in [0.15, 0.2) is 72.8 Å². The highest BCUT2D eigenvalue weighted by Gasteiger charge is 2.18. The van der Waals surface area contributed by atoms with Gasteiger partial charge in [-0.25, -0.2) is 0 Å². The number of benzene rings is 3. The minimum atomic E-state index is -0.497. The average molecular weight is 389 g/mol. The molecule has 4 heteroatoms. The summed E-state index contributed by atoms with van der Waals surface area (Å²) in [5.74, 6) is 1.18. The molecule has 1 unspecified atom stereocenters. The number of nitrogens with zero attached hydrogens (tertiary/aromatic N) is 1. The van der Waals surface area contributed by atoms with Gasteiger partial charge in [-0.3, -0.25) is 4.90 Å². The maximum atomic E-state index is 10.7. The van der Waals surface area contributed by atoms with E-state index < -0.39 is 6.10 Å². The maximum Gasteiger partial charge on any atom is 0.123 e. The second kappa shape index (κ2) is 9.12. The van der Waals surface area contributed by atoms with Gasteiger partial charge in [0.05, 0.1) is 6.10 Å². The third kappa shape index (κ3) is 5.17. The normalized spacial score (nSPS) is 15.2. The number of rotatable bonds is 6. The fraction of sp³-hybridized carbons (Fsp3) is 0.280. The smallest absolute Gasteiger partial charge is 0.123 e. The third-order valence-electron chi connectivity index (χ3n) is 5.39. The van der Waals surface area contributed by atoms with Gasteiger partial charge >= 0.3 is 0 Å². The average Bonchev–Trinajstić information content (AvgIpc) is 2.93. The number of hydrogen-bond donors (Lipinski definition) is 2. The van der Waals surface area contributed by atoms with Crippen LogP contribution in [0, 0.1) is 0 Å². The lowest BCUT2D eigenvalue weighted by atomic mass is 9.99. The monoisotopic (exact) mass is 389 g/mol. The molecule has 0 amide bonds. The highest BCUT2D eigenvalue weighted by atomic mass is 16.5. The van der Waals surface area contributed by atoms with Gasteiger partial charge in [-0.15, -0.1) is 0 Å². The van der Waals surface area contributed by atoms with Gasteiger partial charge in [0.15, 0.2) is 0 Å². The maximum absolute atomic E-state index is 10.7. The van der Waals surface area contributed by atoms with Gasteiger partial charge in [0, 0.05) is 25.2 Å². The number of aromatic hydroxyl groups is 1. The largest absolute Gasteiger partial charge is 0.508 e. The number of fused-ring (bicyclic) bond motifs is 1. The van der Waals surface area contributed by atoms with Crippen molar-refractivity contribution in [2.75, 3.05) is 13.2 Å². The first-order valence-corrected chi connectivity index (χ1v) is 10.2. The van der Waals surface area contributed by atoms with E-state index in [9.17, 15) is 10.2 Å². The molecule has 1 aliphatic rings. The molecule has 1 atom stereocenters. The molecule has 1 heterocycles. The minimum Gasteiger partial charge on any atom is -0.508 e. The first-order valence-electron chi connectivity index (χ1n) is 10.2. The molecule has 0 saturated heterocycles. The lowest BCUT2D eigenvalue weighted by Gasteiger charge is -2.20. The van der Waals surface area contributed by atoms with Crippen LogP contribution < -0.4 is 4.74 Å². The molecule has 0 spiro atoms. The van der Waals surface area contributed by atoms with Gasteiger partial charge in [0.2, 0.25) is 0 Å². The summed E-state index contributed by atoms with van der Waals surface area (Å²) in [7, 11) is 0. The molecule has 0 aliphatic carbocycles. The van der Waals surface area contributed by atoms with Crippen LogP contribution in [0.4, 0.5) is 0 Å². The summed E-state index contributed by atoms with van der Waals surface area (Å²) < 4.78 is 5.93. The van der Waals surface area contributed by atoms with Gasteiger partial charge in [-0.2, -0.15) is 0 Å². The van der Waals surface area contributed by atoms with Crippen molar-refractivity contribution in [2.45, 2.75) is 32.0 Å². The van der Waals surface area contributed by atoms with Crippen LogP contribution in [0.5, 0.6) is 11.5 Å². The molecule has 3 aromatic carbocycles. The Morgan fingerprint density at radius 1 is 0.931 bits per heavy atom. The highest BCUT2D eigenvalue weighted by molar-refractivity contribution is 5.39. The molecule has 0 saturated carbocycles. The number of phenols is 1. The van der Waals surface area contributed by atoms with E-state index in [0.29, 0.717) is 13.0 Å². The van der Waals surface area contributed by atoms with E-state index in [1.165, 1.54) is 5.56 Å². The molecule has 0 bridgehead atoms. The van der Waals surface area contributed by atoms with E-state index in [4.69, 9.17) is 4.74 Å². The Kier molecular flexibility index (Phi) is 6.13. The molecule has 4 nitrogen and oxygen atoms in total. The Labute approximate surface area is 172 Å². The first kappa shape index (κ1) is 19.5. The zero-order chi connectivity index (χ0) is 20.1. The Bertz CT molecular complexity index is 942. The molecule has 4 rings (SSSR count). The van der Waals surface area contributed by atoms with E-state index in [-0.39, 0.29) is 5.75 Å². The summed E-state index contributed by atoms with van der Waals surface area (Å²) in [6.07, 6.45) is 1.04. The highest BCUT2D eigenvalue weighted by Crippen LogP contribution is 2.29. The summed E-state index contributed by atoms with van der Waals surface area (Å²) >= 11 is 0. The van der Waals surface area contributed by atoms with Crippen LogP contribution >= 0.6 is 0 Å². The van der Waals surface area contributed by atoms with Crippen LogP contribution in [0.3, 0.4) is 0 Å². The molecule has 0 radical (unpaired) electrons. The Hall–Kier alpha value is -2.82. The van der Waals surface area contributed by atoms with E-state index in [0.717, 1.165) is 48.5 Å². The predicted molar refractivity (Wildman–Crippen MR) is 114 cm³/mol. The van der Waals surface area contributed by atoms with Crippen molar-refractivity contribution in [1.82, 2.24) is 4.90 Å². The standard InChI is InChI=1S/C25H27NO3/c27-23-8-4-7-20(15-23)17-26-13-14-29-25-12-10-21(16-22(25)18-26)24(28)11-9-19-5-2-1-3-6-19/h1-8,10,12,15-16,24,27-28H,9,11,13-14,17-18H2. The molecule has 150 valence electrons. The predicted octanol–water partition coefficient (Wildman–Crippen LogP) is 4.45. The Balaban J connectivity index is 1.44. The summed E-state index contributed by atoms with van der Waals surface area (Å²) in [6.45, 7) is 2.94. The first-order chi connectivity index (χ1) is 14.2. The molecular weight excluding hydrogens is 362 g/mol. The van der Waals surface area contributed by atoms with Crippen LogP contribution in [0.2, 0.25) is 0 Å². The van der Waals surface area contributed by atoms with Crippen LogP contribution in [0.1, 0.15) is 34.8 Å². The summed E-state index contributed by atoms with van der Waals surface area (Å²) in [4.78, 5) is 2.31. The minimum absolute atomic E-state index is 0.290. The van der Waals surface area contributed by atoms with Crippen molar-refractivity contribution >= 4 is 0 Å². The van der Waals surface area contributed by atoms with Crippen molar-refractivity contribution in [2.24, 2.45) is 0 Å². The quantitative estimate of drug-likeness (QED) is 0.654. The molecule has 1 aliphatic heterocycles. The summed E-state index contributed by atoms with van der Waals surface area (Å²) in [5.41, 5.74) is 4.34. The van der Waals surface area contributed by atoms with Crippen molar-refractivity contribution in [3.8, 4) is 11.5 Å². The van der Waals surface area contributed by atoms with Crippen molar-refractivity contribution in [3.63, 3.8) is 0 Å². The lowest BCUT2D eigenvalue weighted by Crippen LogP contribution is -2.25. The van der Waals surface area contributed by atoms with Crippen LogP contribution in [-0.4, -0.2) is 28.3 Å². The van der Waals surface area contributed by atoms with E-state index in [1.807, 2.05) is 42.5 Å². The van der Waals surface area contributed by atoms with E-state index in [1.54, 1.807) is 12.1 Å². The lowest BCUT2D eigenvalue weighted by molar-refractivity contribution is 0.167. The molecule has 29 heavy (non-hydrogen) atoms. The van der Waals surface area contributed by atoms with Crippen molar-refractivity contribution in [1.29, 1.82) is 0 Å². The Morgan fingerprint density at radius 3 is 2.59 bits per heavy atom. The fourth-order valence-corrected chi connectivity index (χ4v) is 3.84. The number of aliphatic hydroxyl groups is 1. The number of ether oxygens (including phenoxy) is 1. The second-order valence-corrected chi connectivity index (χ2v) is 7.64. The Morgan fingerprint density at radius 2 is 1.76 bits per heavy atom. The number of aryl methyl sites for hydroxylation is 1. The van der Waals surface area contributed by atoms with Crippen molar-refractivity contribution in [3.05, 3.63) is 95.1 Å². The van der Waals surface area contributed by atoms with E-state index >= 15 is 0 Å². The zero-order valence-electron chi connectivity index (χ0n) is 16.5. The van der Waals surface area contributed by atoms with Crippen LogP contribution in [0.25, 0.3) is 0 Å². The molecule has 2 N–H and O–H groups in total. The molecular formula is C25H27NO3. The van der Waals surface area contributed by atoms with Gasteiger partial charge in [-0.05, 0) is 53.8 Å². The number of aliphatic hydroxyl groups excluding tert-OH is 1. The summed E-state index contributed by atoms with van der Waals surface area (Å²) in [5, 5.41) is 20.4. The molecule has 3 aromatic rings. The SMILES string of the molecule is Oc1cccc(CN2CCOc3ccc(C(O)CCc4ccccc4)cc3C2)c1. The van der Waals surface area contributed by atoms with Crippen LogP contribution in [-0.2, 0) is 19.5 Å². The molecule has 0 fully saturated rings. The third-order valence-corrected chi connectivity index (χ3v) is 5.39. The van der Waals surface area contributed by atoms with Gasteiger partial charge in [0.1, 0.15) is 18.1 Å². The van der Waals surface area contributed by atoms with Crippen molar-refractivity contribution < 1.29 is 14.9 Å². The summed E-state index contributed by atoms with van der Waals surface area (Å²) in [6, 6.07) is 23.7. The van der Waals surface area contributed by atoms with Gasteiger partial charge in [-0.1, -0.05) is 48.5 Å². The number of hydrogen-bond acceptors (Lipinski definition) is 4. The number of phenolic OH excluding ortho intramolecular Hbond substituents is 1. The van der Waals surface area contributed by atoms with Gasteiger partial charge in [0.25, 0.3) is 0 Å². The topological polar surface area (TPSA) is 52.9 Å². The zero-order valence-corrected chi connectivity index (χ0v) is 16.5.